The van der Waals surface area contributed by atoms with E-state index in [1.165, 1.54) is 11.0 Å². The van der Waals surface area contributed by atoms with Gasteiger partial charge in [0.1, 0.15) is 5.82 Å². The van der Waals surface area contributed by atoms with Crippen LogP contribution in [-0.4, -0.2) is 17.0 Å². The van der Waals surface area contributed by atoms with Crippen molar-refractivity contribution in [3.8, 4) is 0 Å². The number of rotatable bonds is 4. The first-order chi connectivity index (χ1) is 12.8. The smallest absolute Gasteiger partial charge is 0.329 e. The second-order valence-corrected chi connectivity index (χ2v) is 8.46. The first kappa shape index (κ1) is 19.6. The molecule has 0 unspecified atom stereocenters. The van der Waals surface area contributed by atoms with Crippen molar-refractivity contribution in [1.82, 2.24) is 0 Å². The second kappa shape index (κ2) is 7.86. The van der Waals surface area contributed by atoms with E-state index in [9.17, 15) is 14.0 Å². The summed E-state index contributed by atoms with van der Waals surface area (Å²) in [5.41, 5.74) is 2.07. The van der Waals surface area contributed by atoms with Crippen LogP contribution in [0.25, 0.3) is 0 Å². The van der Waals surface area contributed by atoms with Gasteiger partial charge in [0.25, 0.3) is 5.91 Å². The Hall–Kier alpha value is -2.12. The third kappa shape index (κ3) is 4.25. The van der Waals surface area contributed by atoms with Gasteiger partial charge in [0, 0.05) is 21.0 Å². The van der Waals surface area contributed by atoms with Crippen LogP contribution in [0.3, 0.4) is 0 Å². The number of halogens is 2. The Morgan fingerprint density at radius 1 is 1.30 bits per heavy atom. The number of nitrogens with zero attached hydrogens (tertiary/aromatic N) is 1. The summed E-state index contributed by atoms with van der Waals surface area (Å²) < 4.78 is 15.0. The Bertz CT molecular complexity index is 958. The topological polar surface area (TPSA) is 57.6 Å². The molecular weight excluding hydrogens is 433 g/mol. The summed E-state index contributed by atoms with van der Waals surface area (Å²) in [4.78, 5) is 26.3. The number of hydrogen-bond acceptors (Lipinski definition) is 3. The fourth-order valence-corrected chi connectivity index (χ4v) is 4.11. The minimum absolute atomic E-state index is 0.0179. The van der Waals surface area contributed by atoms with Gasteiger partial charge in [0.2, 0.25) is 0 Å². The molecule has 0 bridgehead atoms. The van der Waals surface area contributed by atoms with E-state index >= 15 is 0 Å². The molecule has 7 heteroatoms. The third-order valence-electron chi connectivity index (χ3n) is 4.21. The van der Waals surface area contributed by atoms with Crippen LogP contribution in [0.15, 0.2) is 56.7 Å². The minimum atomic E-state index is -1.19. The number of thioether (sulfide) groups is 1. The summed E-state index contributed by atoms with van der Waals surface area (Å²) in [6.07, 6.45) is 0.900. The zero-order valence-electron chi connectivity index (χ0n) is 14.7. The molecule has 1 heterocycles. The van der Waals surface area contributed by atoms with Crippen LogP contribution >= 0.6 is 27.7 Å². The van der Waals surface area contributed by atoms with E-state index in [0.717, 1.165) is 28.3 Å². The summed E-state index contributed by atoms with van der Waals surface area (Å²) in [7, 11) is 0. The maximum atomic E-state index is 14.3. The van der Waals surface area contributed by atoms with Crippen LogP contribution in [0.5, 0.6) is 0 Å². The Labute approximate surface area is 169 Å². The van der Waals surface area contributed by atoms with Crippen molar-refractivity contribution in [2.45, 2.75) is 31.2 Å². The molecular formula is C20H17BrFNO3S. The van der Waals surface area contributed by atoms with E-state index in [4.69, 9.17) is 5.11 Å². The van der Waals surface area contributed by atoms with Crippen molar-refractivity contribution in [2.75, 3.05) is 4.90 Å². The van der Waals surface area contributed by atoms with E-state index in [-0.39, 0.29) is 17.4 Å². The van der Waals surface area contributed by atoms with Gasteiger partial charge in [-0.1, -0.05) is 53.7 Å². The van der Waals surface area contributed by atoms with Gasteiger partial charge in [-0.3, -0.25) is 4.79 Å². The van der Waals surface area contributed by atoms with Gasteiger partial charge in [0.05, 0.1) is 17.1 Å². The molecule has 4 nitrogen and oxygen atoms in total. The lowest BCUT2D eigenvalue weighted by atomic mass is 10.0. The molecule has 2 aromatic carbocycles. The highest BCUT2D eigenvalue weighted by molar-refractivity contribution is 9.10. The number of carbonyl (C=O) groups excluding carboxylic acids is 1. The van der Waals surface area contributed by atoms with Crippen molar-refractivity contribution in [3.63, 3.8) is 0 Å². The summed E-state index contributed by atoms with van der Waals surface area (Å²) in [5, 5.41) is 9.07. The third-order valence-corrected chi connectivity index (χ3v) is 5.79. The van der Waals surface area contributed by atoms with Gasteiger partial charge in [-0.05, 0) is 35.7 Å². The lowest BCUT2D eigenvalue weighted by Gasteiger charge is -2.31. The van der Waals surface area contributed by atoms with E-state index in [1.54, 1.807) is 12.1 Å². The molecule has 2 aromatic rings. The van der Waals surface area contributed by atoms with Crippen molar-refractivity contribution >= 4 is 45.3 Å². The molecule has 140 valence electrons. The van der Waals surface area contributed by atoms with Crippen LogP contribution in [-0.2, 0) is 16.1 Å². The molecule has 0 aromatic heterocycles. The van der Waals surface area contributed by atoms with Crippen LogP contribution in [0.1, 0.15) is 30.9 Å². The quantitative estimate of drug-likeness (QED) is 0.641. The minimum Gasteiger partial charge on any atom is -0.478 e. The average molecular weight is 450 g/mol. The highest BCUT2D eigenvalue weighted by Crippen LogP contribution is 2.43. The lowest BCUT2D eigenvalue weighted by Crippen LogP contribution is -2.34. The van der Waals surface area contributed by atoms with Crippen molar-refractivity contribution < 1.29 is 19.1 Å². The molecule has 1 aliphatic heterocycles. The van der Waals surface area contributed by atoms with Crippen LogP contribution < -0.4 is 4.90 Å². The summed E-state index contributed by atoms with van der Waals surface area (Å²) in [6, 6.07) is 10.4. The van der Waals surface area contributed by atoms with Gasteiger partial charge < -0.3 is 10.0 Å². The fourth-order valence-electron chi connectivity index (χ4n) is 2.78. The van der Waals surface area contributed by atoms with Crippen LogP contribution in [0.4, 0.5) is 10.1 Å². The predicted molar refractivity (Wildman–Crippen MR) is 107 cm³/mol. The molecule has 0 atom stereocenters. The van der Waals surface area contributed by atoms with E-state index in [2.05, 4.69) is 15.9 Å². The molecule has 0 saturated carbocycles. The molecule has 27 heavy (non-hydrogen) atoms. The first-order valence-corrected chi connectivity index (χ1v) is 9.89. The lowest BCUT2D eigenvalue weighted by molar-refractivity contribution is -0.131. The fraction of sp³-hybridized carbons (Fsp3) is 0.200. The highest BCUT2D eigenvalue weighted by Gasteiger charge is 2.31. The molecule has 1 aliphatic rings. The summed E-state index contributed by atoms with van der Waals surface area (Å²) in [6.45, 7) is 4.12. The monoisotopic (exact) mass is 449 g/mol. The predicted octanol–water partition coefficient (Wildman–Crippen LogP) is 5.32. The first-order valence-electron chi connectivity index (χ1n) is 8.28. The molecule has 3 rings (SSSR count). The second-order valence-electron chi connectivity index (χ2n) is 6.46. The number of hydrogen-bond donors (Lipinski definition) is 1. The normalized spacial score (nSPS) is 15.4. The zero-order valence-corrected chi connectivity index (χ0v) is 17.1. The van der Waals surface area contributed by atoms with Crippen LogP contribution in [0.2, 0.25) is 0 Å². The summed E-state index contributed by atoms with van der Waals surface area (Å²) >= 11 is 4.35. The number of carboxylic acids is 1. The Morgan fingerprint density at radius 2 is 2.04 bits per heavy atom. The zero-order chi connectivity index (χ0) is 19.7. The number of anilines is 1. The van der Waals surface area contributed by atoms with Crippen molar-refractivity contribution in [1.29, 1.82) is 0 Å². The molecule has 0 radical (unpaired) electrons. The van der Waals surface area contributed by atoms with Gasteiger partial charge in [0.15, 0.2) is 0 Å². The van der Waals surface area contributed by atoms with Gasteiger partial charge >= 0.3 is 5.97 Å². The van der Waals surface area contributed by atoms with Crippen LogP contribution in [0, 0.1) is 5.82 Å². The van der Waals surface area contributed by atoms with Crippen molar-refractivity contribution in [2.24, 2.45) is 0 Å². The molecule has 0 aliphatic carbocycles. The Morgan fingerprint density at radius 3 is 2.67 bits per heavy atom. The molecule has 0 saturated heterocycles. The average Bonchev–Trinajstić information content (AvgIpc) is 2.59. The van der Waals surface area contributed by atoms with Crippen molar-refractivity contribution in [3.05, 3.63) is 68.8 Å². The van der Waals surface area contributed by atoms with E-state index in [0.29, 0.717) is 15.7 Å². The highest BCUT2D eigenvalue weighted by atomic mass is 79.9. The number of aliphatic carboxylic acids is 1. The van der Waals surface area contributed by atoms with Gasteiger partial charge in [-0.15, -0.1) is 0 Å². The summed E-state index contributed by atoms with van der Waals surface area (Å²) in [5.74, 6) is -1.81. The number of benzene rings is 2. The molecule has 0 fully saturated rings. The molecule has 0 spiro atoms. The largest absolute Gasteiger partial charge is 0.478 e. The van der Waals surface area contributed by atoms with E-state index < -0.39 is 17.7 Å². The maximum Gasteiger partial charge on any atom is 0.329 e. The number of carboxylic acid groups (broad SMARTS) is 1. The number of carbonyl (C=O) groups is 2. The number of amides is 1. The SMILES string of the molecule is CC(C)c1ccc2c(c1)N(Cc1ccc(Br)cc1F)C(=O)C(=CC(=O)O)S2. The standard InChI is InChI=1S/C20H17BrFNO3S/c1-11(2)12-4-6-17-16(7-12)23(20(26)18(27-17)9-19(24)25)10-13-3-5-14(21)8-15(13)22/h3-9,11H,10H2,1-2H3,(H,24,25). The molecule has 1 N–H and O–H groups in total. The van der Waals surface area contributed by atoms with Gasteiger partial charge in [-0.25, -0.2) is 9.18 Å². The van der Waals surface area contributed by atoms with Gasteiger partial charge in [-0.2, -0.15) is 0 Å². The van der Waals surface area contributed by atoms with E-state index in [1.807, 2.05) is 32.0 Å². The Balaban J connectivity index is 2.09. The number of fused-ring (bicyclic) bond motifs is 1. The molecule has 1 amide bonds. The Kier molecular flexibility index (Phi) is 5.72. The maximum absolute atomic E-state index is 14.3.